The highest BCUT2D eigenvalue weighted by Gasteiger charge is 2.31. The Morgan fingerprint density at radius 2 is 1.81 bits per heavy atom. The van der Waals surface area contributed by atoms with Gasteiger partial charge in [-0.25, -0.2) is 4.98 Å². The van der Waals surface area contributed by atoms with Crippen molar-refractivity contribution >= 4 is 40.0 Å². The summed E-state index contributed by atoms with van der Waals surface area (Å²) in [6.07, 6.45) is -4.79. The lowest BCUT2D eigenvalue weighted by Crippen LogP contribution is -2.30. The van der Waals surface area contributed by atoms with Crippen molar-refractivity contribution in [2.24, 2.45) is 5.92 Å². The molecule has 0 bridgehead atoms. The molecule has 32 heavy (non-hydrogen) atoms. The zero-order chi connectivity index (χ0) is 23.3. The molecule has 0 aliphatic rings. The van der Waals surface area contributed by atoms with Crippen LogP contribution in [0.15, 0.2) is 54.6 Å². The van der Waals surface area contributed by atoms with E-state index in [4.69, 9.17) is 0 Å². The molecule has 0 saturated carbocycles. The average Bonchev–Trinajstić information content (AvgIpc) is 2.72. The number of para-hydroxylation sites is 1. The highest BCUT2D eigenvalue weighted by molar-refractivity contribution is 14.1. The van der Waals surface area contributed by atoms with E-state index in [2.05, 4.69) is 47.9 Å². The summed E-state index contributed by atoms with van der Waals surface area (Å²) in [6.45, 7) is 3.77. The number of halogens is 4. The van der Waals surface area contributed by atoms with Crippen LogP contribution < -0.4 is 15.4 Å². The highest BCUT2D eigenvalue weighted by Crippen LogP contribution is 2.30. The molecular weight excluding hydrogens is 536 g/mol. The normalized spacial score (nSPS) is 12.5. The second-order valence-electron chi connectivity index (χ2n) is 7.32. The van der Waals surface area contributed by atoms with E-state index in [0.29, 0.717) is 17.1 Å². The van der Waals surface area contributed by atoms with Gasteiger partial charge in [0.1, 0.15) is 11.6 Å². The Hall–Kier alpha value is -2.60. The molecule has 0 amide bonds. The predicted molar refractivity (Wildman–Crippen MR) is 126 cm³/mol. The minimum Gasteiger partial charge on any atom is -0.406 e. The summed E-state index contributed by atoms with van der Waals surface area (Å²) in [4.78, 5) is 8.95. The summed E-state index contributed by atoms with van der Waals surface area (Å²) < 4.78 is 43.0. The van der Waals surface area contributed by atoms with E-state index in [1.165, 1.54) is 18.2 Å². The standard InChI is InChI=1S/C22H22F3IN4O2/c1-13(2)19(12-31)29-21-28-18(14-6-5-7-15(10-14)32-22(23,24)25)11-20(30-21)27-17-9-4-3-8-16(17)26/h3-11,13,19,31H,12H2,1-2H3,(H2,27,28,29,30)/t19-/m1/s1. The maximum Gasteiger partial charge on any atom is 0.573 e. The molecule has 0 spiro atoms. The monoisotopic (exact) mass is 558 g/mol. The van der Waals surface area contributed by atoms with E-state index in [9.17, 15) is 18.3 Å². The summed E-state index contributed by atoms with van der Waals surface area (Å²) >= 11 is 2.19. The fourth-order valence-corrected chi connectivity index (χ4v) is 3.39. The number of hydrogen-bond acceptors (Lipinski definition) is 6. The maximum absolute atomic E-state index is 12.6. The largest absolute Gasteiger partial charge is 0.573 e. The van der Waals surface area contributed by atoms with Crippen LogP contribution in [0.3, 0.4) is 0 Å². The topological polar surface area (TPSA) is 79.3 Å². The van der Waals surface area contributed by atoms with E-state index in [1.54, 1.807) is 12.1 Å². The number of ether oxygens (including phenoxy) is 1. The molecule has 0 unspecified atom stereocenters. The van der Waals surface area contributed by atoms with Gasteiger partial charge < -0.3 is 20.5 Å². The van der Waals surface area contributed by atoms with E-state index in [1.807, 2.05) is 38.1 Å². The van der Waals surface area contributed by atoms with Crippen molar-refractivity contribution < 1.29 is 23.0 Å². The van der Waals surface area contributed by atoms with Crippen LogP contribution in [0.1, 0.15) is 13.8 Å². The maximum atomic E-state index is 12.6. The van der Waals surface area contributed by atoms with E-state index >= 15 is 0 Å². The molecule has 0 aliphatic heterocycles. The minimum absolute atomic E-state index is 0.0993. The number of alkyl halides is 3. The van der Waals surface area contributed by atoms with Gasteiger partial charge in [0.2, 0.25) is 5.95 Å². The summed E-state index contributed by atoms with van der Waals surface area (Å²) in [7, 11) is 0. The lowest BCUT2D eigenvalue weighted by Gasteiger charge is -2.21. The number of anilines is 3. The Labute approximate surface area is 197 Å². The Bertz CT molecular complexity index is 1060. The summed E-state index contributed by atoms with van der Waals surface area (Å²) in [5.74, 6) is 0.447. The molecule has 1 aromatic heterocycles. The number of aliphatic hydroxyl groups is 1. The molecule has 0 fully saturated rings. The smallest absolute Gasteiger partial charge is 0.406 e. The molecule has 3 rings (SSSR count). The van der Waals surface area contributed by atoms with Crippen LogP contribution in [0.2, 0.25) is 0 Å². The van der Waals surface area contributed by atoms with Crippen molar-refractivity contribution in [2.75, 3.05) is 17.2 Å². The van der Waals surface area contributed by atoms with Gasteiger partial charge in [0, 0.05) is 15.2 Å². The van der Waals surface area contributed by atoms with Crippen LogP contribution in [0.5, 0.6) is 5.75 Å². The van der Waals surface area contributed by atoms with Gasteiger partial charge in [-0.3, -0.25) is 0 Å². The number of benzene rings is 2. The van der Waals surface area contributed by atoms with Crippen LogP contribution in [0.25, 0.3) is 11.3 Å². The number of aromatic nitrogens is 2. The number of rotatable bonds is 8. The van der Waals surface area contributed by atoms with Crippen LogP contribution in [0.4, 0.5) is 30.6 Å². The lowest BCUT2D eigenvalue weighted by molar-refractivity contribution is -0.274. The van der Waals surface area contributed by atoms with E-state index in [0.717, 1.165) is 9.26 Å². The number of hydrogen-bond donors (Lipinski definition) is 3. The van der Waals surface area contributed by atoms with Crippen LogP contribution in [-0.4, -0.2) is 34.1 Å². The van der Waals surface area contributed by atoms with Crippen molar-refractivity contribution in [1.29, 1.82) is 0 Å². The number of aliphatic hydroxyl groups excluding tert-OH is 1. The molecule has 0 aliphatic carbocycles. The fourth-order valence-electron chi connectivity index (χ4n) is 2.87. The Kier molecular flexibility index (Phi) is 7.77. The van der Waals surface area contributed by atoms with Crippen molar-refractivity contribution in [3.63, 3.8) is 0 Å². The third-order valence-electron chi connectivity index (χ3n) is 4.54. The highest BCUT2D eigenvalue weighted by atomic mass is 127. The third-order valence-corrected chi connectivity index (χ3v) is 5.48. The minimum atomic E-state index is -4.79. The average molecular weight is 558 g/mol. The lowest BCUT2D eigenvalue weighted by atomic mass is 10.1. The Balaban J connectivity index is 2.02. The van der Waals surface area contributed by atoms with Crippen LogP contribution >= 0.6 is 22.6 Å². The molecule has 1 atom stereocenters. The fraction of sp³-hybridized carbons (Fsp3) is 0.273. The van der Waals surface area contributed by atoms with Gasteiger partial charge in [-0.15, -0.1) is 13.2 Å². The number of nitrogens with zero attached hydrogens (tertiary/aromatic N) is 2. The first kappa shape index (κ1) is 24.1. The van der Waals surface area contributed by atoms with Crippen LogP contribution in [-0.2, 0) is 0 Å². The van der Waals surface area contributed by atoms with Gasteiger partial charge in [-0.05, 0) is 52.8 Å². The SMILES string of the molecule is CC(C)[C@@H](CO)Nc1nc(Nc2ccccc2I)cc(-c2cccc(OC(F)(F)F)c2)n1. The van der Waals surface area contributed by atoms with Gasteiger partial charge in [-0.1, -0.05) is 38.1 Å². The van der Waals surface area contributed by atoms with Gasteiger partial charge in [0.25, 0.3) is 0 Å². The summed E-state index contributed by atoms with van der Waals surface area (Å²) in [5, 5.41) is 16.0. The molecule has 1 heterocycles. The van der Waals surface area contributed by atoms with Gasteiger partial charge >= 0.3 is 6.36 Å². The zero-order valence-corrected chi connectivity index (χ0v) is 19.5. The van der Waals surface area contributed by atoms with Crippen LogP contribution in [0, 0.1) is 9.49 Å². The number of nitrogens with one attached hydrogen (secondary N) is 2. The molecule has 0 saturated heterocycles. The quantitative estimate of drug-likeness (QED) is 0.303. The molecule has 3 aromatic rings. The zero-order valence-electron chi connectivity index (χ0n) is 17.3. The molecule has 2 aromatic carbocycles. The van der Waals surface area contributed by atoms with Gasteiger partial charge in [-0.2, -0.15) is 4.98 Å². The van der Waals surface area contributed by atoms with E-state index < -0.39 is 6.36 Å². The molecular formula is C22H22F3IN4O2. The van der Waals surface area contributed by atoms with Crippen molar-refractivity contribution in [3.05, 3.63) is 58.2 Å². The molecule has 10 heteroatoms. The molecule has 0 radical (unpaired) electrons. The Morgan fingerprint density at radius 1 is 1.06 bits per heavy atom. The van der Waals surface area contributed by atoms with E-state index in [-0.39, 0.29) is 30.3 Å². The molecule has 170 valence electrons. The second-order valence-corrected chi connectivity index (χ2v) is 8.48. The summed E-state index contributed by atoms with van der Waals surface area (Å²) in [6, 6.07) is 14.5. The van der Waals surface area contributed by atoms with Gasteiger partial charge in [0.05, 0.1) is 24.0 Å². The first-order valence-electron chi connectivity index (χ1n) is 9.79. The van der Waals surface area contributed by atoms with Crippen molar-refractivity contribution in [2.45, 2.75) is 26.3 Å². The van der Waals surface area contributed by atoms with Crippen molar-refractivity contribution in [1.82, 2.24) is 9.97 Å². The third kappa shape index (κ3) is 6.70. The Morgan fingerprint density at radius 3 is 2.47 bits per heavy atom. The van der Waals surface area contributed by atoms with Crippen molar-refractivity contribution in [3.8, 4) is 17.0 Å². The molecule has 6 nitrogen and oxygen atoms in total. The molecule has 3 N–H and O–H groups in total. The van der Waals surface area contributed by atoms with Gasteiger partial charge in [0.15, 0.2) is 0 Å². The summed E-state index contributed by atoms with van der Waals surface area (Å²) in [5.41, 5.74) is 1.64. The second kappa shape index (κ2) is 10.3. The predicted octanol–water partition coefficient (Wildman–Crippen LogP) is 5.82. The first-order chi connectivity index (χ1) is 15.1. The first-order valence-corrected chi connectivity index (χ1v) is 10.9.